The Balaban J connectivity index is 1.10. The number of carbonyl (C=O) groups is 5. The molecule has 24 heteroatoms. The van der Waals surface area contributed by atoms with Crippen LogP contribution in [0.25, 0.3) is 33.4 Å². The largest absolute Gasteiger partial charge is 0.464 e. The lowest BCUT2D eigenvalue weighted by molar-refractivity contribution is -0.155. The summed E-state index contributed by atoms with van der Waals surface area (Å²) in [7, 11) is 1.57. The maximum atomic E-state index is 17.0. The van der Waals surface area contributed by atoms with E-state index in [-0.39, 0.29) is 70.2 Å². The SMILES string of the molecule is CCn1c(-c2cc(N3CCN(CC(F)(F)F)CC3)cnc2[C@H](C)OC)c2c3cc(c(F)cc31)-c1csc(n1)C[C@H](NC(=O)[C@H](C(C)C)N1CC[C@@]3(CCN(C(=O)[C@H](F)Cl)C3)C1=O)C(=O)N1CCC[C@H](N1)C(=O)OCC(C)(C)C2. The molecule has 4 fully saturated rings. The third-order valence-corrected chi connectivity index (χ3v) is 17.1. The van der Waals surface area contributed by atoms with Gasteiger partial charge in [0.2, 0.25) is 11.8 Å². The highest BCUT2D eigenvalue weighted by Gasteiger charge is 2.55. The summed E-state index contributed by atoms with van der Waals surface area (Å²) in [6.07, 6.45) is -1.55. The van der Waals surface area contributed by atoms with E-state index < -0.39 is 88.8 Å². The zero-order valence-corrected chi connectivity index (χ0v) is 46.6. The van der Waals surface area contributed by atoms with E-state index in [1.165, 1.54) is 37.1 Å². The second-order valence-electron chi connectivity index (χ2n) is 22.5. The Morgan fingerprint density at radius 2 is 1.76 bits per heavy atom. The summed E-state index contributed by atoms with van der Waals surface area (Å²) < 4.78 is 85.0. The van der Waals surface area contributed by atoms with Crippen molar-refractivity contribution in [2.24, 2.45) is 16.7 Å². The molecule has 1 aromatic carbocycles. The van der Waals surface area contributed by atoms with Gasteiger partial charge in [0.1, 0.15) is 23.9 Å². The number of nitrogens with zero attached hydrogens (tertiary/aromatic N) is 8. The van der Waals surface area contributed by atoms with E-state index in [1.54, 1.807) is 38.6 Å². The van der Waals surface area contributed by atoms with Gasteiger partial charge in [0.25, 0.3) is 17.4 Å². The van der Waals surface area contributed by atoms with Crippen LogP contribution in [0.1, 0.15) is 89.6 Å². The van der Waals surface area contributed by atoms with Crippen molar-refractivity contribution in [2.75, 3.05) is 77.5 Å². The smallest absolute Gasteiger partial charge is 0.401 e. The number of hydrogen-bond acceptors (Lipinski definition) is 13. The van der Waals surface area contributed by atoms with Crippen LogP contribution in [0.2, 0.25) is 0 Å². The maximum absolute atomic E-state index is 17.0. The lowest BCUT2D eigenvalue weighted by Crippen LogP contribution is -2.62. The number of anilines is 1. The number of aryl methyl sites for hydroxylation is 1. The number of halogens is 6. The number of piperazine rings is 1. The number of likely N-dealkylation sites (tertiary alicyclic amines) is 2. The van der Waals surface area contributed by atoms with E-state index in [9.17, 15) is 41.5 Å². The number of alkyl halides is 5. The molecule has 9 rings (SSSR count). The zero-order chi connectivity index (χ0) is 56.2. The fraction of sp³-hybridized carbons (Fsp3) is 0.611. The number of hydrazine groups is 1. The number of fused-ring (bicyclic) bond motifs is 6. The molecule has 17 nitrogen and oxygen atoms in total. The van der Waals surface area contributed by atoms with Crippen molar-refractivity contribution < 1.29 is 55.4 Å². The average Bonchev–Trinajstić information content (AvgIpc) is 4.23. The second kappa shape index (κ2) is 22.6. The number of cyclic esters (lactones) is 1. The Morgan fingerprint density at radius 3 is 2.44 bits per heavy atom. The fourth-order valence-corrected chi connectivity index (χ4v) is 13.0. The van der Waals surface area contributed by atoms with E-state index in [2.05, 4.69) is 10.7 Å². The highest BCUT2D eigenvalue weighted by atomic mass is 35.5. The van der Waals surface area contributed by atoms with Gasteiger partial charge in [0.15, 0.2) is 0 Å². The fourth-order valence-electron chi connectivity index (χ4n) is 12.0. The zero-order valence-electron chi connectivity index (χ0n) is 45.0. The Hall–Kier alpha value is -5.49. The number of carbonyl (C=O) groups excluding carboxylic acids is 5. The van der Waals surface area contributed by atoms with Crippen molar-refractivity contribution in [3.8, 4) is 22.5 Å². The predicted molar refractivity (Wildman–Crippen MR) is 283 cm³/mol. The van der Waals surface area contributed by atoms with Crippen molar-refractivity contribution in [3.05, 3.63) is 51.9 Å². The number of benzene rings is 1. The van der Waals surface area contributed by atoms with Crippen molar-refractivity contribution in [1.29, 1.82) is 0 Å². The molecule has 3 aromatic heterocycles. The van der Waals surface area contributed by atoms with Crippen molar-refractivity contribution in [3.63, 3.8) is 0 Å². The number of aromatic nitrogens is 3. The quantitative estimate of drug-likeness (QED) is 0.0893. The summed E-state index contributed by atoms with van der Waals surface area (Å²) in [4.78, 5) is 86.3. The van der Waals surface area contributed by atoms with Gasteiger partial charge in [-0.3, -0.25) is 38.9 Å². The Morgan fingerprint density at radius 1 is 1.03 bits per heavy atom. The van der Waals surface area contributed by atoms with Crippen molar-refractivity contribution in [1.82, 2.24) is 45.0 Å². The molecule has 6 atom stereocenters. The first-order chi connectivity index (χ1) is 36.9. The van der Waals surface area contributed by atoms with E-state index >= 15 is 4.39 Å². The average molecular weight is 1130 g/mol. The number of hydrogen-bond donors (Lipinski definition) is 2. The highest BCUT2D eigenvalue weighted by molar-refractivity contribution is 7.10. The van der Waals surface area contributed by atoms with Gasteiger partial charge in [-0.15, -0.1) is 11.3 Å². The van der Waals surface area contributed by atoms with Gasteiger partial charge in [0.05, 0.1) is 64.2 Å². The molecule has 78 heavy (non-hydrogen) atoms. The molecule has 1 spiro atoms. The number of methoxy groups -OCH3 is 1. The number of amides is 4. The molecule has 0 radical (unpaired) electrons. The van der Waals surface area contributed by atoms with Crippen LogP contribution in [-0.4, -0.2) is 166 Å². The number of rotatable bonds is 11. The molecule has 2 N–H and O–H groups in total. The van der Waals surface area contributed by atoms with E-state index in [1.807, 2.05) is 43.2 Å². The molecular formula is C54H68ClF5N10O7S. The highest BCUT2D eigenvalue weighted by Crippen LogP contribution is 2.45. The summed E-state index contributed by atoms with van der Waals surface area (Å²) in [6.45, 7) is 12.2. The first kappa shape index (κ1) is 57.2. The lowest BCUT2D eigenvalue weighted by atomic mass is 9.84. The maximum Gasteiger partial charge on any atom is 0.401 e. The van der Waals surface area contributed by atoms with Crippen molar-refractivity contribution >= 4 is 69.1 Å². The Labute approximate surface area is 459 Å². The minimum atomic E-state index is -4.32. The molecule has 5 aliphatic heterocycles. The standard InChI is InChI=1S/C54H68ClF5N10O7S/c1-8-68-41-22-37(56)34-21-33(41)36(45(68)35-20-32(25-61-43(35)31(4)76-7)66-18-16-65(17-19-66)28-54(58,59)60)24-52(5,6)29-77-50(74)38-10-9-13-70(64-38)48(72)39(23-42-62-40(34)26-78-42)63-47(71)44(30(2)3)69-15-12-53(51(69)75)11-14-67(27-53)49(73)46(55)57/h20-22,25-26,30-31,38-39,44,46,64H,8-19,23-24,27-29H2,1-7H3,(H,63,71)/t31-,38-,39-,44-,46-,53+/m0/s1. The lowest BCUT2D eigenvalue weighted by Gasteiger charge is -2.37. The molecule has 0 saturated carbocycles. The molecule has 0 aliphatic carbocycles. The normalized spacial score (nSPS) is 23.8. The van der Waals surface area contributed by atoms with Crippen LogP contribution in [0, 0.1) is 22.6 Å². The van der Waals surface area contributed by atoms with E-state index in [0.29, 0.717) is 83.9 Å². The third kappa shape index (κ3) is 11.6. The van der Waals surface area contributed by atoms with Gasteiger partial charge in [0, 0.05) is 99.7 Å². The van der Waals surface area contributed by atoms with Crippen LogP contribution in [0.3, 0.4) is 0 Å². The third-order valence-electron chi connectivity index (χ3n) is 16.1. The summed E-state index contributed by atoms with van der Waals surface area (Å²) in [5, 5.41) is 7.05. The molecule has 4 amide bonds. The number of ether oxygens (including phenoxy) is 2. The summed E-state index contributed by atoms with van der Waals surface area (Å²) in [5.41, 5.74) is 3.64. The molecule has 4 aromatic rings. The number of esters is 1. The molecule has 0 unspecified atom stereocenters. The second-order valence-corrected chi connectivity index (χ2v) is 23.8. The predicted octanol–water partition coefficient (Wildman–Crippen LogP) is 7.04. The number of pyridine rings is 1. The van der Waals surface area contributed by atoms with Crippen LogP contribution < -0.4 is 15.6 Å². The van der Waals surface area contributed by atoms with Crippen LogP contribution in [0.5, 0.6) is 0 Å². The minimum Gasteiger partial charge on any atom is -0.464 e. The van der Waals surface area contributed by atoms with E-state index in [0.717, 1.165) is 11.3 Å². The molecule has 6 bridgehead atoms. The number of thiazole rings is 1. The van der Waals surface area contributed by atoms with E-state index in [4.69, 9.17) is 31.0 Å². The van der Waals surface area contributed by atoms with Crippen LogP contribution in [-0.2, 0) is 52.8 Å². The Kier molecular flexibility index (Phi) is 16.6. The summed E-state index contributed by atoms with van der Waals surface area (Å²) in [6, 6.07) is 1.99. The van der Waals surface area contributed by atoms with Gasteiger partial charge in [-0.1, -0.05) is 39.3 Å². The topological polar surface area (TPSA) is 175 Å². The first-order valence-corrected chi connectivity index (χ1v) is 28.0. The molecule has 5 aliphatic rings. The van der Waals surface area contributed by atoms with Gasteiger partial charge in [-0.2, -0.15) is 13.2 Å². The van der Waals surface area contributed by atoms with Crippen LogP contribution in [0.15, 0.2) is 29.8 Å². The van der Waals surface area contributed by atoms with Crippen molar-refractivity contribution in [2.45, 2.75) is 123 Å². The number of nitrogens with one attached hydrogen (secondary N) is 2. The Bertz CT molecular complexity index is 2950. The van der Waals surface area contributed by atoms with Gasteiger partial charge in [-0.25, -0.2) is 19.2 Å². The summed E-state index contributed by atoms with van der Waals surface area (Å²) >= 11 is 6.66. The van der Waals surface area contributed by atoms with Gasteiger partial charge >= 0.3 is 12.1 Å². The molecular weight excluding hydrogens is 1060 g/mol. The molecule has 4 saturated heterocycles. The minimum absolute atomic E-state index is 0.0320. The van der Waals surface area contributed by atoms with Gasteiger partial charge < -0.3 is 34.1 Å². The van der Waals surface area contributed by atoms with Gasteiger partial charge in [-0.05, 0) is 75.6 Å². The summed E-state index contributed by atoms with van der Waals surface area (Å²) in [5.74, 6) is -4.02. The molecule has 424 valence electrons. The van der Waals surface area contributed by atoms with Crippen LogP contribution in [0.4, 0.5) is 27.6 Å². The first-order valence-electron chi connectivity index (χ1n) is 26.7. The molecule has 8 heterocycles. The van der Waals surface area contributed by atoms with Crippen LogP contribution >= 0.6 is 22.9 Å². The monoisotopic (exact) mass is 1130 g/mol.